The Morgan fingerprint density at radius 1 is 1.12 bits per heavy atom. The van der Waals surface area contributed by atoms with Gasteiger partial charge in [0.25, 0.3) is 5.91 Å². The second-order valence-corrected chi connectivity index (χ2v) is 8.16. The molecule has 3 N–H and O–H groups in total. The van der Waals surface area contributed by atoms with Gasteiger partial charge in [0, 0.05) is 28.6 Å². The van der Waals surface area contributed by atoms with Crippen molar-refractivity contribution in [3.63, 3.8) is 0 Å². The maximum atomic E-state index is 12.4. The van der Waals surface area contributed by atoms with E-state index in [1.54, 1.807) is 6.92 Å². The molecule has 10 heteroatoms. The second-order valence-electron chi connectivity index (χ2n) is 7.21. The van der Waals surface area contributed by atoms with Crippen molar-refractivity contribution in [2.75, 3.05) is 5.75 Å². The van der Waals surface area contributed by atoms with Gasteiger partial charge in [0.2, 0.25) is 0 Å². The minimum absolute atomic E-state index is 0.0469. The Morgan fingerprint density at radius 2 is 1.82 bits per heavy atom. The first-order valence-corrected chi connectivity index (χ1v) is 11.4. The van der Waals surface area contributed by atoms with Crippen molar-refractivity contribution < 1.29 is 15.0 Å². The zero-order chi connectivity index (χ0) is 23.9. The van der Waals surface area contributed by atoms with Crippen molar-refractivity contribution in [1.82, 2.24) is 25.2 Å². The molecule has 2 aromatic heterocycles. The Morgan fingerprint density at radius 3 is 2.53 bits per heavy atom. The summed E-state index contributed by atoms with van der Waals surface area (Å²) in [6.07, 6.45) is 2.74. The fourth-order valence-electron chi connectivity index (χ4n) is 3.20. The van der Waals surface area contributed by atoms with Gasteiger partial charge in [-0.15, -0.1) is 10.2 Å². The minimum Gasteiger partial charge on any atom is -0.505 e. The number of nitrogens with zero attached hydrogens (tertiary/aromatic N) is 5. The molecule has 34 heavy (non-hydrogen) atoms. The lowest BCUT2D eigenvalue weighted by atomic mass is 10.1. The van der Waals surface area contributed by atoms with Crippen LogP contribution in [0.15, 0.2) is 77.1 Å². The molecule has 0 spiro atoms. The van der Waals surface area contributed by atoms with E-state index in [1.165, 1.54) is 24.2 Å². The van der Waals surface area contributed by atoms with Crippen molar-refractivity contribution >= 4 is 23.9 Å². The molecule has 0 unspecified atom stereocenters. The molecule has 0 bridgehead atoms. The number of benzene rings is 2. The van der Waals surface area contributed by atoms with Crippen LogP contribution < -0.4 is 5.43 Å². The number of amides is 1. The molecule has 0 fully saturated rings. The summed E-state index contributed by atoms with van der Waals surface area (Å²) in [5.41, 5.74) is 5.33. The highest BCUT2D eigenvalue weighted by Gasteiger charge is 2.17. The molecule has 2 aromatic carbocycles. The Balaban J connectivity index is 1.49. The zero-order valence-electron chi connectivity index (χ0n) is 18.3. The minimum atomic E-state index is -0.360. The molecule has 0 aliphatic rings. The van der Waals surface area contributed by atoms with Crippen molar-refractivity contribution in [2.45, 2.75) is 18.7 Å². The average Bonchev–Trinajstić information content (AvgIpc) is 3.30. The maximum Gasteiger partial charge on any atom is 0.250 e. The van der Waals surface area contributed by atoms with Crippen LogP contribution in [0.3, 0.4) is 0 Å². The molecule has 2 heterocycles. The fourth-order valence-corrected chi connectivity index (χ4v) is 3.95. The van der Waals surface area contributed by atoms with Crippen LogP contribution in [0.1, 0.15) is 16.8 Å². The maximum absolute atomic E-state index is 12.4. The van der Waals surface area contributed by atoms with Crippen molar-refractivity contribution in [3.8, 4) is 22.8 Å². The van der Waals surface area contributed by atoms with Crippen LogP contribution in [-0.4, -0.2) is 47.8 Å². The van der Waals surface area contributed by atoms with E-state index in [1.807, 2.05) is 65.2 Å². The van der Waals surface area contributed by atoms with Gasteiger partial charge in [-0.25, -0.2) is 5.43 Å². The van der Waals surface area contributed by atoms with E-state index >= 15 is 0 Å². The standard InChI is InChI=1S/C24H22N6O3S/c1-16-22(33)20(18(14-31)12-25-16)13-26-27-21(32)15-34-24-29-28-23(17-8-4-2-5-9-17)30(24)19-10-6-3-7-11-19/h2-13,31,33H,14-15H2,1H3,(H,27,32)/b26-13+. The molecule has 0 radical (unpaired) electrons. The summed E-state index contributed by atoms with van der Waals surface area (Å²) in [5, 5.41) is 32.7. The van der Waals surface area contributed by atoms with Gasteiger partial charge in [0.15, 0.2) is 11.0 Å². The van der Waals surface area contributed by atoms with Crippen molar-refractivity contribution in [2.24, 2.45) is 5.10 Å². The van der Waals surface area contributed by atoms with Crippen molar-refractivity contribution in [3.05, 3.63) is 83.7 Å². The van der Waals surface area contributed by atoms with Crippen LogP contribution in [0.2, 0.25) is 0 Å². The highest BCUT2D eigenvalue weighted by atomic mass is 32.2. The average molecular weight is 475 g/mol. The Bertz CT molecular complexity index is 1310. The number of aromatic hydroxyl groups is 1. The third-order valence-electron chi connectivity index (χ3n) is 4.92. The smallest absolute Gasteiger partial charge is 0.250 e. The quantitative estimate of drug-likeness (QED) is 0.204. The highest BCUT2D eigenvalue weighted by molar-refractivity contribution is 7.99. The van der Waals surface area contributed by atoms with Gasteiger partial charge in [-0.1, -0.05) is 60.3 Å². The monoisotopic (exact) mass is 474 g/mol. The van der Waals surface area contributed by atoms with Crippen LogP contribution in [0.5, 0.6) is 5.75 Å². The van der Waals surface area contributed by atoms with Crippen LogP contribution in [0, 0.1) is 6.92 Å². The van der Waals surface area contributed by atoms with Gasteiger partial charge in [0.05, 0.1) is 24.3 Å². The number of rotatable bonds is 8. The van der Waals surface area contributed by atoms with Gasteiger partial charge in [-0.2, -0.15) is 5.10 Å². The number of aromatic nitrogens is 4. The molecule has 0 aliphatic carbocycles. The lowest BCUT2D eigenvalue weighted by Crippen LogP contribution is -2.20. The summed E-state index contributed by atoms with van der Waals surface area (Å²) in [6, 6.07) is 19.4. The van der Waals surface area contributed by atoms with E-state index in [0.717, 1.165) is 11.3 Å². The predicted octanol–water partition coefficient (Wildman–Crippen LogP) is 3.08. The SMILES string of the molecule is Cc1ncc(CO)c(/C=N/NC(=O)CSc2nnc(-c3ccccc3)n2-c2ccccc2)c1O. The number of para-hydroxylation sites is 1. The lowest BCUT2D eigenvalue weighted by Gasteiger charge is -2.10. The summed E-state index contributed by atoms with van der Waals surface area (Å²) in [6.45, 7) is 1.32. The van der Waals surface area contributed by atoms with Gasteiger partial charge >= 0.3 is 0 Å². The number of hydrogen-bond donors (Lipinski definition) is 3. The van der Waals surface area contributed by atoms with E-state index < -0.39 is 0 Å². The van der Waals surface area contributed by atoms with Crippen LogP contribution in [0.4, 0.5) is 0 Å². The Kier molecular flexibility index (Phi) is 7.31. The lowest BCUT2D eigenvalue weighted by molar-refractivity contribution is -0.118. The van der Waals surface area contributed by atoms with E-state index in [4.69, 9.17) is 0 Å². The highest BCUT2D eigenvalue weighted by Crippen LogP contribution is 2.27. The molecule has 1 amide bonds. The van der Waals surface area contributed by atoms with Crippen LogP contribution in [0.25, 0.3) is 17.1 Å². The molecule has 4 rings (SSSR count). The molecule has 0 saturated heterocycles. The molecule has 0 atom stereocenters. The molecular weight excluding hydrogens is 452 g/mol. The summed E-state index contributed by atoms with van der Waals surface area (Å²) < 4.78 is 1.90. The third-order valence-corrected chi connectivity index (χ3v) is 5.85. The summed E-state index contributed by atoms with van der Waals surface area (Å²) in [5.74, 6) is 0.266. The number of aryl methyl sites for hydroxylation is 1. The number of carbonyl (C=O) groups excluding carboxylic acids is 1. The number of nitrogens with one attached hydrogen (secondary N) is 1. The topological polar surface area (TPSA) is 126 Å². The van der Waals surface area contributed by atoms with Crippen LogP contribution in [-0.2, 0) is 11.4 Å². The van der Waals surface area contributed by atoms with Crippen molar-refractivity contribution in [1.29, 1.82) is 0 Å². The molecule has 9 nitrogen and oxygen atoms in total. The van der Waals surface area contributed by atoms with E-state index in [-0.39, 0.29) is 24.0 Å². The summed E-state index contributed by atoms with van der Waals surface area (Å²) in [4.78, 5) is 16.4. The van der Waals surface area contributed by atoms with E-state index in [0.29, 0.717) is 27.8 Å². The predicted molar refractivity (Wildman–Crippen MR) is 130 cm³/mol. The molecule has 172 valence electrons. The second kappa shape index (κ2) is 10.7. The first kappa shape index (κ1) is 23.1. The molecule has 0 aliphatic heterocycles. The van der Waals surface area contributed by atoms with Gasteiger partial charge < -0.3 is 10.2 Å². The zero-order valence-corrected chi connectivity index (χ0v) is 19.1. The van der Waals surface area contributed by atoms with E-state index in [9.17, 15) is 15.0 Å². The first-order chi connectivity index (χ1) is 16.6. The fraction of sp³-hybridized carbons (Fsp3) is 0.125. The van der Waals surface area contributed by atoms with Gasteiger partial charge in [-0.3, -0.25) is 14.3 Å². The number of carbonyl (C=O) groups is 1. The first-order valence-electron chi connectivity index (χ1n) is 10.4. The van der Waals surface area contributed by atoms with E-state index in [2.05, 4.69) is 25.7 Å². The number of thioether (sulfide) groups is 1. The Labute approximate surface area is 200 Å². The summed E-state index contributed by atoms with van der Waals surface area (Å²) in [7, 11) is 0. The third kappa shape index (κ3) is 5.13. The number of aliphatic hydroxyl groups excluding tert-OH is 1. The number of hydrogen-bond acceptors (Lipinski definition) is 8. The number of pyridine rings is 1. The summed E-state index contributed by atoms with van der Waals surface area (Å²) >= 11 is 1.23. The normalized spacial score (nSPS) is 11.1. The van der Waals surface area contributed by atoms with Crippen LogP contribution >= 0.6 is 11.8 Å². The number of aliphatic hydroxyl groups is 1. The molecule has 0 saturated carbocycles. The molecule has 4 aromatic rings. The van der Waals surface area contributed by atoms with Gasteiger partial charge in [0.1, 0.15) is 5.75 Å². The molecular formula is C24H22N6O3S. The van der Waals surface area contributed by atoms with Gasteiger partial charge in [-0.05, 0) is 19.1 Å². The number of hydrazone groups is 1. The Hall–Kier alpha value is -4.02. The largest absolute Gasteiger partial charge is 0.505 e.